The summed E-state index contributed by atoms with van der Waals surface area (Å²) in [5, 5.41) is 9.72. The van der Waals surface area contributed by atoms with Crippen LogP contribution in [0.4, 0.5) is 11.6 Å². The van der Waals surface area contributed by atoms with Crippen molar-refractivity contribution < 1.29 is 5.11 Å². The highest BCUT2D eigenvalue weighted by Crippen LogP contribution is 2.29. The number of nitrogen functional groups attached to an aromatic ring is 1. The number of hydrogen-bond acceptors (Lipinski definition) is 5. The first-order chi connectivity index (χ1) is 6.68. The molecule has 1 aromatic rings. The molecule has 0 radical (unpaired) electrons. The lowest BCUT2D eigenvalue weighted by Crippen LogP contribution is -2.23. The highest BCUT2D eigenvalue weighted by molar-refractivity contribution is 6.35. The third-order valence-electron chi connectivity index (χ3n) is 2.26. The van der Waals surface area contributed by atoms with Crippen LogP contribution in [-0.2, 0) is 0 Å². The topological polar surface area (TPSA) is 75.3 Å². The number of β-amino-alcohol motifs (C(OH)–C–C–N with tert-alkyl or cyclic N) is 1. The van der Waals surface area contributed by atoms with Crippen LogP contribution < -0.4 is 10.6 Å². The van der Waals surface area contributed by atoms with Crippen LogP contribution in [0.2, 0.25) is 5.02 Å². The molecule has 1 aromatic heterocycles. The lowest BCUT2D eigenvalue weighted by molar-refractivity contribution is 0.198. The van der Waals surface area contributed by atoms with E-state index >= 15 is 0 Å². The van der Waals surface area contributed by atoms with Crippen LogP contribution in [0.25, 0.3) is 0 Å². The van der Waals surface area contributed by atoms with E-state index < -0.39 is 0 Å². The number of nitrogens with two attached hydrogens (primary N) is 1. The van der Waals surface area contributed by atoms with Crippen molar-refractivity contribution in [1.29, 1.82) is 0 Å². The van der Waals surface area contributed by atoms with Crippen LogP contribution in [0.5, 0.6) is 0 Å². The Hall–Kier alpha value is -1.07. The van der Waals surface area contributed by atoms with Gasteiger partial charge < -0.3 is 15.7 Å². The van der Waals surface area contributed by atoms with Crippen LogP contribution in [0.3, 0.4) is 0 Å². The smallest absolute Gasteiger partial charge is 0.153 e. The number of aliphatic hydroxyl groups is 1. The summed E-state index contributed by atoms with van der Waals surface area (Å²) in [6.07, 6.45) is 1.81. The number of aliphatic hydroxyl groups excluding tert-OH is 1. The van der Waals surface area contributed by atoms with Gasteiger partial charge in [-0.2, -0.15) is 0 Å². The van der Waals surface area contributed by atoms with Crippen LogP contribution >= 0.6 is 11.6 Å². The van der Waals surface area contributed by atoms with E-state index in [2.05, 4.69) is 9.97 Å². The highest BCUT2D eigenvalue weighted by Gasteiger charge is 2.23. The maximum atomic E-state index is 9.36. The molecule has 2 rings (SSSR count). The van der Waals surface area contributed by atoms with Gasteiger partial charge in [0.15, 0.2) is 5.82 Å². The monoisotopic (exact) mass is 214 g/mol. The first-order valence-electron chi connectivity index (χ1n) is 4.37. The minimum Gasteiger partial charge on any atom is -0.391 e. The predicted octanol–water partition coefficient (Wildman–Crippen LogP) is 0.283. The Morgan fingerprint density at radius 3 is 3.00 bits per heavy atom. The zero-order valence-corrected chi connectivity index (χ0v) is 8.28. The number of nitrogens with zero attached hydrogens (tertiary/aromatic N) is 3. The normalized spacial score (nSPS) is 21.6. The van der Waals surface area contributed by atoms with E-state index in [1.807, 2.05) is 4.90 Å². The summed E-state index contributed by atoms with van der Waals surface area (Å²) in [5.41, 5.74) is 5.55. The maximum absolute atomic E-state index is 9.36. The molecular formula is C8H11ClN4O. The third kappa shape index (κ3) is 1.60. The first kappa shape index (κ1) is 9.48. The minimum atomic E-state index is -0.303. The standard InChI is InChI=1S/C8H11ClN4O/c9-6-7(10)11-4-12-8(6)13-2-1-5(14)3-13/h4-5,14H,1-3H2,(H2,10,11,12)/t5-/m1/s1. The van der Waals surface area contributed by atoms with Crippen LogP contribution in [0.15, 0.2) is 6.33 Å². The van der Waals surface area contributed by atoms with Crippen molar-refractivity contribution in [3.05, 3.63) is 11.3 Å². The van der Waals surface area contributed by atoms with E-state index in [0.717, 1.165) is 13.0 Å². The van der Waals surface area contributed by atoms with Crippen molar-refractivity contribution in [1.82, 2.24) is 9.97 Å². The van der Waals surface area contributed by atoms with Gasteiger partial charge >= 0.3 is 0 Å². The average molecular weight is 215 g/mol. The van der Waals surface area contributed by atoms with Gasteiger partial charge in [-0.1, -0.05) is 11.6 Å². The molecule has 5 nitrogen and oxygen atoms in total. The second-order valence-electron chi connectivity index (χ2n) is 3.29. The summed E-state index contributed by atoms with van der Waals surface area (Å²) in [6.45, 7) is 1.30. The molecule has 76 valence electrons. The number of halogens is 1. The highest BCUT2D eigenvalue weighted by atomic mass is 35.5. The van der Waals surface area contributed by atoms with E-state index in [0.29, 0.717) is 17.4 Å². The molecule has 0 aliphatic carbocycles. The Kier molecular flexibility index (Phi) is 2.43. The van der Waals surface area contributed by atoms with Gasteiger partial charge in [0.05, 0.1) is 6.10 Å². The predicted molar refractivity (Wildman–Crippen MR) is 54.3 cm³/mol. The molecule has 1 atom stereocenters. The molecular weight excluding hydrogens is 204 g/mol. The van der Waals surface area contributed by atoms with E-state index in [-0.39, 0.29) is 11.9 Å². The number of rotatable bonds is 1. The van der Waals surface area contributed by atoms with E-state index in [9.17, 15) is 5.11 Å². The fourth-order valence-corrected chi connectivity index (χ4v) is 1.75. The molecule has 1 fully saturated rings. The Balaban J connectivity index is 2.28. The second-order valence-corrected chi connectivity index (χ2v) is 3.66. The molecule has 14 heavy (non-hydrogen) atoms. The molecule has 1 aliphatic heterocycles. The van der Waals surface area contributed by atoms with Gasteiger partial charge in [-0.25, -0.2) is 9.97 Å². The van der Waals surface area contributed by atoms with Gasteiger partial charge in [-0.15, -0.1) is 0 Å². The SMILES string of the molecule is Nc1ncnc(N2CC[C@@H](O)C2)c1Cl. The lowest BCUT2D eigenvalue weighted by Gasteiger charge is -2.17. The van der Waals surface area contributed by atoms with Gasteiger partial charge in [0.1, 0.15) is 17.2 Å². The van der Waals surface area contributed by atoms with Gasteiger partial charge in [-0.3, -0.25) is 0 Å². The van der Waals surface area contributed by atoms with Crippen LogP contribution in [-0.4, -0.2) is 34.3 Å². The van der Waals surface area contributed by atoms with E-state index in [1.165, 1.54) is 6.33 Å². The summed E-state index contributed by atoms with van der Waals surface area (Å²) in [7, 11) is 0. The number of aromatic nitrogens is 2. The molecule has 0 spiro atoms. The number of anilines is 2. The molecule has 1 saturated heterocycles. The van der Waals surface area contributed by atoms with Crippen LogP contribution in [0.1, 0.15) is 6.42 Å². The first-order valence-corrected chi connectivity index (χ1v) is 4.75. The quantitative estimate of drug-likeness (QED) is 0.703. The Morgan fingerprint density at radius 2 is 2.36 bits per heavy atom. The van der Waals surface area contributed by atoms with Gasteiger partial charge in [0.25, 0.3) is 0 Å². The lowest BCUT2D eigenvalue weighted by atomic mass is 10.3. The number of hydrogen-bond donors (Lipinski definition) is 2. The zero-order chi connectivity index (χ0) is 10.1. The summed E-state index contributed by atoms with van der Waals surface area (Å²) in [4.78, 5) is 9.73. The molecule has 6 heteroatoms. The zero-order valence-electron chi connectivity index (χ0n) is 7.52. The van der Waals surface area contributed by atoms with Crippen molar-refractivity contribution >= 4 is 23.2 Å². The summed E-state index contributed by atoms with van der Waals surface area (Å²) < 4.78 is 0. The molecule has 1 aliphatic rings. The fraction of sp³-hybridized carbons (Fsp3) is 0.500. The van der Waals surface area contributed by atoms with Crippen LogP contribution in [0, 0.1) is 0 Å². The molecule has 0 aromatic carbocycles. The van der Waals surface area contributed by atoms with Gasteiger partial charge in [-0.05, 0) is 6.42 Å². The van der Waals surface area contributed by atoms with Crippen molar-refractivity contribution in [2.75, 3.05) is 23.7 Å². The Bertz CT molecular complexity index is 346. The van der Waals surface area contributed by atoms with Gasteiger partial charge in [0, 0.05) is 13.1 Å². The van der Waals surface area contributed by atoms with Crippen molar-refractivity contribution in [3.63, 3.8) is 0 Å². The molecule has 0 bridgehead atoms. The summed E-state index contributed by atoms with van der Waals surface area (Å²) in [5.74, 6) is 0.883. The maximum Gasteiger partial charge on any atom is 0.153 e. The Labute approximate surface area is 86.5 Å². The van der Waals surface area contributed by atoms with Crippen molar-refractivity contribution in [2.24, 2.45) is 0 Å². The minimum absolute atomic E-state index is 0.276. The average Bonchev–Trinajstić information content (AvgIpc) is 2.57. The molecule has 0 unspecified atom stereocenters. The summed E-state index contributed by atoms with van der Waals surface area (Å²) >= 11 is 5.95. The van der Waals surface area contributed by atoms with E-state index in [4.69, 9.17) is 17.3 Å². The Morgan fingerprint density at radius 1 is 1.57 bits per heavy atom. The summed E-state index contributed by atoms with van der Waals surface area (Å²) in [6, 6.07) is 0. The molecule has 3 N–H and O–H groups in total. The second kappa shape index (κ2) is 3.59. The molecule has 2 heterocycles. The molecule has 0 amide bonds. The molecule has 0 saturated carbocycles. The fourth-order valence-electron chi connectivity index (χ4n) is 1.53. The van der Waals surface area contributed by atoms with Crippen molar-refractivity contribution in [3.8, 4) is 0 Å². The van der Waals surface area contributed by atoms with Gasteiger partial charge in [0.2, 0.25) is 0 Å². The van der Waals surface area contributed by atoms with E-state index in [1.54, 1.807) is 0 Å². The van der Waals surface area contributed by atoms with Crippen molar-refractivity contribution in [2.45, 2.75) is 12.5 Å². The largest absolute Gasteiger partial charge is 0.391 e. The third-order valence-corrected chi connectivity index (χ3v) is 2.62.